The molecular weight excluding hydrogens is 367 g/mol. The second-order valence-corrected chi connectivity index (χ2v) is 6.09. The summed E-state index contributed by atoms with van der Waals surface area (Å²) in [6.07, 6.45) is -4.51. The maximum atomic E-state index is 12.6. The number of halogens is 4. The van der Waals surface area contributed by atoms with E-state index in [1.807, 2.05) is 0 Å². The number of thioether (sulfide) groups is 1. The third kappa shape index (κ3) is 5.00. The number of carbonyl (C=O) groups is 1. The number of hydrogen-bond donors (Lipinski definition) is 2. The fraction of sp³-hybridized carbons (Fsp3) is 0.214. The van der Waals surface area contributed by atoms with Gasteiger partial charge in [0, 0.05) is 11.8 Å². The van der Waals surface area contributed by atoms with E-state index >= 15 is 0 Å². The van der Waals surface area contributed by atoms with E-state index in [0.717, 1.165) is 30.0 Å². The molecule has 0 radical (unpaired) electrons. The summed E-state index contributed by atoms with van der Waals surface area (Å²) >= 11 is 6.74. The Morgan fingerprint density at radius 1 is 1.38 bits per heavy atom. The third-order valence-corrected chi connectivity index (χ3v) is 3.94. The van der Waals surface area contributed by atoms with Gasteiger partial charge in [-0.3, -0.25) is 9.59 Å². The molecule has 2 rings (SSSR count). The minimum atomic E-state index is -4.51. The van der Waals surface area contributed by atoms with Crippen molar-refractivity contribution in [3.05, 3.63) is 50.9 Å². The van der Waals surface area contributed by atoms with Crippen LogP contribution in [0.15, 0.2) is 34.2 Å². The normalized spacial score (nSPS) is 11.4. The number of nitrogens with zero attached hydrogens (tertiary/aromatic N) is 1. The first-order valence-corrected chi connectivity index (χ1v) is 7.89. The standard InChI is InChI=1S/C14H11ClF3N3O2S/c1-7-4-11(22)21-13(19-7)24-6-12(23)20-10-3-2-8(5-9(10)15)14(16,17)18/h2-5H,6H2,1H3,(H,20,23)(H,19,21,22). The van der Waals surface area contributed by atoms with E-state index in [4.69, 9.17) is 11.6 Å². The molecule has 0 bridgehead atoms. The van der Waals surface area contributed by atoms with Crippen molar-refractivity contribution in [2.24, 2.45) is 0 Å². The third-order valence-electron chi connectivity index (χ3n) is 2.76. The van der Waals surface area contributed by atoms with Crippen molar-refractivity contribution in [3.63, 3.8) is 0 Å². The summed E-state index contributed by atoms with van der Waals surface area (Å²) in [6.45, 7) is 1.64. The molecular formula is C14H11ClF3N3O2S. The van der Waals surface area contributed by atoms with E-state index in [1.54, 1.807) is 6.92 Å². The van der Waals surface area contributed by atoms with Crippen molar-refractivity contribution in [1.29, 1.82) is 0 Å². The molecule has 0 atom stereocenters. The number of aromatic nitrogens is 2. The minimum absolute atomic E-state index is 0.0703. The molecule has 1 aromatic heterocycles. The Labute approximate surface area is 143 Å². The highest BCUT2D eigenvalue weighted by atomic mass is 35.5. The number of aromatic amines is 1. The van der Waals surface area contributed by atoms with Gasteiger partial charge in [0.25, 0.3) is 5.56 Å². The summed E-state index contributed by atoms with van der Waals surface area (Å²) in [4.78, 5) is 29.7. The molecule has 1 heterocycles. The van der Waals surface area contributed by atoms with Crippen LogP contribution >= 0.6 is 23.4 Å². The van der Waals surface area contributed by atoms with Crippen LogP contribution in [0.3, 0.4) is 0 Å². The van der Waals surface area contributed by atoms with Crippen LogP contribution in [0.4, 0.5) is 18.9 Å². The first kappa shape index (κ1) is 18.3. The maximum absolute atomic E-state index is 12.6. The average Bonchev–Trinajstić information content (AvgIpc) is 2.45. The Balaban J connectivity index is 2.01. The molecule has 1 amide bonds. The molecule has 0 aliphatic rings. The number of H-pyrrole nitrogens is 1. The SMILES string of the molecule is Cc1cc(=O)[nH]c(SCC(=O)Nc2ccc(C(F)(F)F)cc2Cl)n1. The van der Waals surface area contributed by atoms with E-state index in [-0.39, 0.29) is 27.2 Å². The van der Waals surface area contributed by atoms with Crippen molar-refractivity contribution in [2.45, 2.75) is 18.3 Å². The van der Waals surface area contributed by atoms with Gasteiger partial charge < -0.3 is 10.3 Å². The molecule has 0 saturated heterocycles. The first-order chi connectivity index (χ1) is 11.1. The number of nitrogens with one attached hydrogen (secondary N) is 2. The summed E-state index contributed by atoms with van der Waals surface area (Å²) in [7, 11) is 0. The zero-order chi connectivity index (χ0) is 17.9. The van der Waals surface area contributed by atoms with Crippen LogP contribution < -0.4 is 10.9 Å². The number of amides is 1. The summed E-state index contributed by atoms with van der Waals surface area (Å²) in [5.41, 5.74) is -0.661. The van der Waals surface area contributed by atoms with Crippen molar-refractivity contribution in [3.8, 4) is 0 Å². The van der Waals surface area contributed by atoms with E-state index < -0.39 is 17.6 Å². The molecule has 0 unspecified atom stereocenters. The molecule has 5 nitrogen and oxygen atoms in total. The van der Waals surface area contributed by atoms with Gasteiger partial charge >= 0.3 is 6.18 Å². The second kappa shape index (κ2) is 7.27. The van der Waals surface area contributed by atoms with Crippen LogP contribution in [0.25, 0.3) is 0 Å². The minimum Gasteiger partial charge on any atom is -0.324 e. The zero-order valence-corrected chi connectivity index (χ0v) is 13.8. The first-order valence-electron chi connectivity index (χ1n) is 6.52. The van der Waals surface area contributed by atoms with Crippen LogP contribution in [0, 0.1) is 6.92 Å². The van der Waals surface area contributed by atoms with E-state index in [0.29, 0.717) is 5.69 Å². The van der Waals surface area contributed by atoms with Crippen molar-refractivity contribution < 1.29 is 18.0 Å². The number of benzene rings is 1. The predicted octanol–water partition coefficient (Wildman–Crippen LogP) is 3.48. The average molecular weight is 378 g/mol. The fourth-order valence-electron chi connectivity index (χ4n) is 1.73. The number of hydrogen-bond acceptors (Lipinski definition) is 4. The van der Waals surface area contributed by atoms with Gasteiger partial charge in [-0.2, -0.15) is 13.2 Å². The number of alkyl halides is 3. The van der Waals surface area contributed by atoms with Gasteiger partial charge in [-0.25, -0.2) is 4.98 Å². The van der Waals surface area contributed by atoms with Gasteiger partial charge in [-0.1, -0.05) is 23.4 Å². The van der Waals surface area contributed by atoms with Gasteiger partial charge in [0.05, 0.1) is 22.0 Å². The molecule has 10 heteroatoms. The van der Waals surface area contributed by atoms with Crippen LogP contribution in [0.1, 0.15) is 11.3 Å². The van der Waals surface area contributed by atoms with Crippen molar-refractivity contribution >= 4 is 35.0 Å². The largest absolute Gasteiger partial charge is 0.416 e. The molecule has 1 aromatic carbocycles. The summed E-state index contributed by atoms with van der Waals surface area (Å²) < 4.78 is 37.7. The highest BCUT2D eigenvalue weighted by molar-refractivity contribution is 7.99. The molecule has 0 saturated carbocycles. The molecule has 2 N–H and O–H groups in total. The Bertz CT molecular complexity index is 824. The van der Waals surface area contributed by atoms with E-state index in [1.165, 1.54) is 6.07 Å². The zero-order valence-electron chi connectivity index (χ0n) is 12.2. The smallest absolute Gasteiger partial charge is 0.324 e. The lowest BCUT2D eigenvalue weighted by atomic mass is 10.2. The van der Waals surface area contributed by atoms with Crippen molar-refractivity contribution in [1.82, 2.24) is 9.97 Å². The molecule has 128 valence electrons. The molecule has 0 spiro atoms. The van der Waals surface area contributed by atoms with Gasteiger partial charge in [0.2, 0.25) is 5.91 Å². The van der Waals surface area contributed by atoms with Gasteiger partial charge in [-0.15, -0.1) is 0 Å². The summed E-state index contributed by atoms with van der Waals surface area (Å²) in [6, 6.07) is 3.96. The summed E-state index contributed by atoms with van der Waals surface area (Å²) in [5, 5.41) is 2.46. The van der Waals surface area contributed by atoms with Gasteiger partial charge in [-0.05, 0) is 25.1 Å². The maximum Gasteiger partial charge on any atom is 0.416 e. The lowest BCUT2D eigenvalue weighted by molar-refractivity contribution is -0.137. The number of rotatable bonds is 4. The summed E-state index contributed by atoms with van der Waals surface area (Å²) in [5.74, 6) is -0.588. The number of carbonyl (C=O) groups excluding carboxylic acids is 1. The Hall–Kier alpha value is -2.00. The highest BCUT2D eigenvalue weighted by Gasteiger charge is 2.30. The predicted molar refractivity (Wildman–Crippen MR) is 85.4 cm³/mol. The highest BCUT2D eigenvalue weighted by Crippen LogP contribution is 2.33. The molecule has 24 heavy (non-hydrogen) atoms. The van der Waals surface area contributed by atoms with Crippen LogP contribution in [-0.2, 0) is 11.0 Å². The van der Waals surface area contributed by atoms with Crippen LogP contribution in [0.2, 0.25) is 5.02 Å². The molecule has 0 aliphatic heterocycles. The van der Waals surface area contributed by atoms with Crippen molar-refractivity contribution in [2.75, 3.05) is 11.1 Å². The Morgan fingerprint density at radius 3 is 2.67 bits per heavy atom. The quantitative estimate of drug-likeness (QED) is 0.632. The Morgan fingerprint density at radius 2 is 2.08 bits per heavy atom. The van der Waals surface area contributed by atoms with E-state index in [2.05, 4.69) is 15.3 Å². The monoisotopic (exact) mass is 377 g/mol. The van der Waals surface area contributed by atoms with Gasteiger partial charge in [0.1, 0.15) is 0 Å². The van der Waals surface area contributed by atoms with Gasteiger partial charge in [0.15, 0.2) is 5.16 Å². The topological polar surface area (TPSA) is 74.8 Å². The lowest BCUT2D eigenvalue weighted by Gasteiger charge is -2.11. The number of aryl methyl sites for hydroxylation is 1. The second-order valence-electron chi connectivity index (χ2n) is 4.72. The lowest BCUT2D eigenvalue weighted by Crippen LogP contribution is -2.16. The van der Waals surface area contributed by atoms with Crippen LogP contribution in [-0.4, -0.2) is 21.6 Å². The van der Waals surface area contributed by atoms with Crippen LogP contribution in [0.5, 0.6) is 0 Å². The fourth-order valence-corrected chi connectivity index (χ4v) is 2.68. The van der Waals surface area contributed by atoms with E-state index in [9.17, 15) is 22.8 Å². The number of anilines is 1. The Kier molecular flexibility index (Phi) is 5.55. The molecule has 0 aliphatic carbocycles. The molecule has 2 aromatic rings. The molecule has 0 fully saturated rings.